The highest BCUT2D eigenvalue weighted by atomic mass is 16.3. The molecule has 0 aliphatic heterocycles. The average molecular weight is 443 g/mol. The summed E-state index contributed by atoms with van der Waals surface area (Å²) in [6, 6.07) is 27.4. The maximum Gasteiger partial charge on any atom is 0.144 e. The van der Waals surface area contributed by atoms with E-state index in [1.165, 1.54) is 11.1 Å². The largest absolute Gasteiger partial charge is 0.455 e. The van der Waals surface area contributed by atoms with Crippen LogP contribution in [0.3, 0.4) is 0 Å². The van der Waals surface area contributed by atoms with Crippen LogP contribution in [0.15, 0.2) is 89.5 Å². The van der Waals surface area contributed by atoms with Crippen LogP contribution in [0.4, 0.5) is 0 Å². The normalized spacial score (nSPS) is 12.1. The van der Waals surface area contributed by atoms with Crippen LogP contribution in [0, 0.1) is 6.92 Å². The number of nitrogens with zero attached hydrogens (tertiary/aromatic N) is 2. The summed E-state index contributed by atoms with van der Waals surface area (Å²) < 4.78 is 6.26. The zero-order chi connectivity index (χ0) is 23.4. The van der Waals surface area contributed by atoms with E-state index in [0.717, 1.165) is 55.4 Å². The number of aryl methyl sites for hydroxylation is 1. The Kier molecular flexibility index (Phi) is 4.56. The van der Waals surface area contributed by atoms with Crippen LogP contribution in [0.25, 0.3) is 55.2 Å². The number of furan rings is 1. The SMILES string of the molecule is Cc1cc2nc(C(C)(C)C)ccc2cc1-c1ccnc(-c2cccc3c2oc2ccccc23)c1. The van der Waals surface area contributed by atoms with Gasteiger partial charge in [-0.25, -0.2) is 0 Å². The molecule has 0 spiro atoms. The monoisotopic (exact) mass is 442 g/mol. The third kappa shape index (κ3) is 3.36. The first kappa shape index (κ1) is 20.6. The van der Waals surface area contributed by atoms with Gasteiger partial charge in [0.1, 0.15) is 11.2 Å². The van der Waals surface area contributed by atoms with Gasteiger partial charge in [-0.2, -0.15) is 0 Å². The van der Waals surface area contributed by atoms with Crippen LogP contribution in [0.1, 0.15) is 32.0 Å². The molecule has 0 saturated carbocycles. The molecule has 6 rings (SSSR count). The Bertz CT molecular complexity index is 1700. The molecule has 0 aliphatic rings. The van der Waals surface area contributed by atoms with E-state index in [4.69, 9.17) is 14.4 Å². The van der Waals surface area contributed by atoms with Crippen LogP contribution in [-0.4, -0.2) is 9.97 Å². The number of rotatable bonds is 2. The molecule has 0 amide bonds. The van der Waals surface area contributed by atoms with Gasteiger partial charge in [0.2, 0.25) is 0 Å². The molecule has 3 aromatic carbocycles. The molecule has 3 heteroatoms. The van der Waals surface area contributed by atoms with Crippen molar-refractivity contribution in [3.05, 3.63) is 96.3 Å². The van der Waals surface area contributed by atoms with Crippen LogP contribution in [0.2, 0.25) is 0 Å². The first-order valence-electron chi connectivity index (χ1n) is 11.7. The number of hydrogen-bond acceptors (Lipinski definition) is 3. The van der Waals surface area contributed by atoms with E-state index in [1.807, 2.05) is 24.4 Å². The second kappa shape index (κ2) is 7.53. The summed E-state index contributed by atoms with van der Waals surface area (Å²) in [5.41, 5.74) is 9.39. The van der Waals surface area contributed by atoms with Crippen LogP contribution in [0.5, 0.6) is 0 Å². The van der Waals surface area contributed by atoms with E-state index >= 15 is 0 Å². The molecule has 0 atom stereocenters. The molecule has 0 N–H and O–H groups in total. The van der Waals surface area contributed by atoms with E-state index in [9.17, 15) is 0 Å². The minimum Gasteiger partial charge on any atom is -0.455 e. The smallest absolute Gasteiger partial charge is 0.144 e. The lowest BCUT2D eigenvalue weighted by Gasteiger charge is -2.18. The summed E-state index contributed by atoms with van der Waals surface area (Å²) in [4.78, 5) is 9.65. The summed E-state index contributed by atoms with van der Waals surface area (Å²) >= 11 is 0. The molecule has 166 valence electrons. The van der Waals surface area contributed by atoms with Gasteiger partial charge in [-0.3, -0.25) is 9.97 Å². The summed E-state index contributed by atoms with van der Waals surface area (Å²) in [5.74, 6) is 0. The first-order chi connectivity index (χ1) is 16.4. The fraction of sp³-hybridized carbons (Fsp3) is 0.161. The highest BCUT2D eigenvalue weighted by Crippen LogP contribution is 2.37. The Morgan fingerprint density at radius 2 is 1.59 bits per heavy atom. The lowest BCUT2D eigenvalue weighted by molar-refractivity contribution is 0.571. The van der Waals surface area contributed by atoms with Crippen LogP contribution in [-0.2, 0) is 5.41 Å². The zero-order valence-electron chi connectivity index (χ0n) is 19.9. The van der Waals surface area contributed by atoms with Gasteiger partial charge in [0.15, 0.2) is 0 Å². The fourth-order valence-electron chi connectivity index (χ4n) is 4.70. The minimum absolute atomic E-state index is 0.0262. The predicted octanol–water partition coefficient (Wildman–Crippen LogP) is 8.47. The van der Waals surface area contributed by atoms with Crippen molar-refractivity contribution in [2.24, 2.45) is 0 Å². The Hall–Kier alpha value is -3.98. The second-order valence-electron chi connectivity index (χ2n) is 10.0. The lowest BCUT2D eigenvalue weighted by Crippen LogP contribution is -2.13. The quantitative estimate of drug-likeness (QED) is 0.270. The molecule has 0 saturated heterocycles. The predicted molar refractivity (Wildman–Crippen MR) is 141 cm³/mol. The summed E-state index contributed by atoms with van der Waals surface area (Å²) in [6.07, 6.45) is 1.89. The Morgan fingerprint density at radius 1 is 0.765 bits per heavy atom. The molecule has 0 bridgehead atoms. The van der Waals surface area contributed by atoms with Crippen molar-refractivity contribution in [3.63, 3.8) is 0 Å². The van der Waals surface area contributed by atoms with Crippen molar-refractivity contribution >= 4 is 32.8 Å². The van der Waals surface area contributed by atoms with E-state index in [-0.39, 0.29) is 5.41 Å². The van der Waals surface area contributed by atoms with Crippen molar-refractivity contribution < 1.29 is 4.42 Å². The summed E-state index contributed by atoms with van der Waals surface area (Å²) in [6.45, 7) is 8.75. The molecule has 0 aliphatic carbocycles. The van der Waals surface area contributed by atoms with Gasteiger partial charge in [-0.1, -0.05) is 57.2 Å². The molecule has 3 heterocycles. The maximum atomic E-state index is 6.26. The van der Waals surface area contributed by atoms with Gasteiger partial charge in [0.25, 0.3) is 0 Å². The summed E-state index contributed by atoms with van der Waals surface area (Å²) in [7, 11) is 0. The Labute approximate surface area is 199 Å². The molecular formula is C31H26N2O. The van der Waals surface area contributed by atoms with E-state index in [1.54, 1.807) is 0 Å². The van der Waals surface area contributed by atoms with Gasteiger partial charge >= 0.3 is 0 Å². The van der Waals surface area contributed by atoms with Crippen molar-refractivity contribution in [2.75, 3.05) is 0 Å². The first-order valence-corrected chi connectivity index (χ1v) is 11.7. The lowest BCUT2D eigenvalue weighted by atomic mass is 9.90. The standard InChI is InChI=1S/C31H26N2O/c1-19-16-26-21(12-13-29(33-26)31(2,3)4)17-25(19)20-14-15-32-27(18-20)24-10-7-9-23-22-8-5-6-11-28(22)34-30(23)24/h5-18H,1-4H3. The molecule has 3 aromatic heterocycles. The molecule has 34 heavy (non-hydrogen) atoms. The van der Waals surface area contributed by atoms with Crippen molar-refractivity contribution in [2.45, 2.75) is 33.1 Å². The number of pyridine rings is 2. The molecular weight excluding hydrogens is 416 g/mol. The molecule has 0 fully saturated rings. The maximum absolute atomic E-state index is 6.26. The highest BCUT2D eigenvalue weighted by molar-refractivity contribution is 6.09. The number of para-hydroxylation sites is 2. The Balaban J connectivity index is 1.49. The molecule has 3 nitrogen and oxygen atoms in total. The minimum atomic E-state index is 0.0262. The van der Waals surface area contributed by atoms with Crippen molar-refractivity contribution in [1.82, 2.24) is 9.97 Å². The van der Waals surface area contributed by atoms with Gasteiger partial charge < -0.3 is 4.42 Å². The highest BCUT2D eigenvalue weighted by Gasteiger charge is 2.17. The number of aromatic nitrogens is 2. The van der Waals surface area contributed by atoms with Gasteiger partial charge in [0, 0.05) is 39.0 Å². The van der Waals surface area contributed by atoms with Gasteiger partial charge in [0.05, 0.1) is 11.2 Å². The number of benzene rings is 3. The van der Waals surface area contributed by atoms with Gasteiger partial charge in [-0.15, -0.1) is 0 Å². The second-order valence-corrected chi connectivity index (χ2v) is 10.0. The fourth-order valence-corrected chi connectivity index (χ4v) is 4.70. The van der Waals surface area contributed by atoms with Crippen LogP contribution < -0.4 is 0 Å². The molecule has 0 radical (unpaired) electrons. The van der Waals surface area contributed by atoms with E-state index in [0.29, 0.717) is 0 Å². The van der Waals surface area contributed by atoms with Crippen molar-refractivity contribution in [3.8, 4) is 22.4 Å². The average Bonchev–Trinajstić information content (AvgIpc) is 3.21. The van der Waals surface area contributed by atoms with Crippen LogP contribution >= 0.6 is 0 Å². The third-order valence-electron chi connectivity index (χ3n) is 6.55. The van der Waals surface area contributed by atoms with E-state index < -0.39 is 0 Å². The number of hydrogen-bond donors (Lipinski definition) is 0. The van der Waals surface area contributed by atoms with Crippen molar-refractivity contribution in [1.29, 1.82) is 0 Å². The third-order valence-corrected chi connectivity index (χ3v) is 6.55. The molecule has 6 aromatic rings. The zero-order valence-corrected chi connectivity index (χ0v) is 19.9. The van der Waals surface area contributed by atoms with E-state index in [2.05, 4.69) is 88.4 Å². The van der Waals surface area contributed by atoms with Gasteiger partial charge in [-0.05, 0) is 66.1 Å². The number of fused-ring (bicyclic) bond motifs is 4. The topological polar surface area (TPSA) is 38.9 Å². The molecule has 0 unspecified atom stereocenters. The Morgan fingerprint density at radius 3 is 2.44 bits per heavy atom. The summed E-state index contributed by atoms with van der Waals surface area (Å²) in [5, 5.41) is 3.39.